The Morgan fingerprint density at radius 2 is 2.07 bits per heavy atom. The minimum absolute atomic E-state index is 0.969. The maximum Gasteiger partial charge on any atom is 0.404 e. The Morgan fingerprint density at radius 1 is 1.57 bits per heavy atom. The van der Waals surface area contributed by atoms with Gasteiger partial charge >= 0.3 is 12.1 Å². The number of ether oxygens (including phenoxy) is 1. The lowest BCUT2D eigenvalue weighted by Crippen LogP contribution is -2.32. The smallest absolute Gasteiger partial charge is 0.404 e. The number of allylic oxidation sites excluding steroid dienone is 1. The lowest BCUT2D eigenvalue weighted by Gasteiger charge is -2.19. The van der Waals surface area contributed by atoms with Gasteiger partial charge in [-0.1, -0.05) is 6.42 Å². The van der Waals surface area contributed by atoms with Gasteiger partial charge in [-0.15, -0.1) is 0 Å². The molecule has 14 heavy (non-hydrogen) atoms. The van der Waals surface area contributed by atoms with Crippen LogP contribution >= 0.6 is 0 Å². The summed E-state index contributed by atoms with van der Waals surface area (Å²) in [5.41, 5.74) is -1.25. The average molecular weight is 208 g/mol. The number of hydrogen-bond acceptors (Lipinski definition) is 4. The molecular weight excluding hydrogens is 203 g/mol. The molecule has 0 aliphatic carbocycles. The maximum absolute atomic E-state index is 11.8. The summed E-state index contributed by atoms with van der Waals surface area (Å²) in [6.45, 7) is 0. The van der Waals surface area contributed by atoms with Crippen LogP contribution in [0.15, 0.2) is 11.5 Å². The van der Waals surface area contributed by atoms with Crippen molar-refractivity contribution < 1.29 is 27.8 Å². The molecule has 0 amide bonds. The van der Waals surface area contributed by atoms with Crippen molar-refractivity contribution in [3.8, 4) is 12.5 Å². The first-order valence-electron chi connectivity index (χ1n) is 3.17. The van der Waals surface area contributed by atoms with Crippen molar-refractivity contribution >= 4 is 5.97 Å². The summed E-state index contributed by atoms with van der Waals surface area (Å²) in [5.74, 6) is -3.88. The van der Waals surface area contributed by atoms with E-state index in [0.717, 1.165) is 7.05 Å². The highest BCUT2D eigenvalue weighted by Gasteiger charge is 2.31. The number of carbonyl (C=O) groups is 1. The third kappa shape index (κ3) is 2.90. The molecule has 0 spiro atoms. The van der Waals surface area contributed by atoms with Gasteiger partial charge in [0.05, 0.1) is 0 Å². The Labute approximate surface area is 77.4 Å². The fourth-order valence-electron chi connectivity index (χ4n) is 0.555. The molecule has 0 heterocycles. The van der Waals surface area contributed by atoms with Gasteiger partial charge < -0.3 is 15.2 Å². The Kier molecular flexibility index (Phi) is 3.83. The van der Waals surface area contributed by atoms with Crippen LogP contribution in [0.1, 0.15) is 0 Å². The molecule has 1 N–H and O–H groups in total. The predicted molar refractivity (Wildman–Crippen MR) is 37.1 cm³/mol. The van der Waals surface area contributed by atoms with Gasteiger partial charge in [-0.2, -0.15) is 13.2 Å². The molecule has 0 aromatic heterocycles. The molecule has 4 nitrogen and oxygen atoms in total. The number of likely N-dealkylation sites (N-methyl/N-ethyl adjacent to an activating group) is 1. The molecule has 0 aliphatic heterocycles. The Hall–Kier alpha value is -1.84. The molecule has 0 aliphatic rings. The van der Waals surface area contributed by atoms with Crippen molar-refractivity contribution in [1.82, 2.24) is 5.32 Å². The summed E-state index contributed by atoms with van der Waals surface area (Å²) in [7, 11) is 0.969. The second-order valence-electron chi connectivity index (χ2n) is 1.96. The van der Waals surface area contributed by atoms with E-state index in [9.17, 15) is 23.1 Å². The molecule has 0 radical (unpaired) electrons. The molecular formula is C7H5F3NO3-. The zero-order valence-electron chi connectivity index (χ0n) is 6.94. The molecule has 0 atom stereocenters. The SMILES string of the molecule is C#COC(=O)/C(NC)=C(\[O-])C(F)(F)F. The van der Waals surface area contributed by atoms with Gasteiger partial charge in [0.25, 0.3) is 0 Å². The fourth-order valence-corrected chi connectivity index (χ4v) is 0.555. The van der Waals surface area contributed by atoms with Crippen molar-refractivity contribution in [2.75, 3.05) is 7.05 Å². The molecule has 7 heteroatoms. The molecule has 78 valence electrons. The van der Waals surface area contributed by atoms with Crippen LogP contribution in [0.4, 0.5) is 13.2 Å². The van der Waals surface area contributed by atoms with Gasteiger partial charge in [-0.05, 0) is 0 Å². The van der Waals surface area contributed by atoms with Crippen LogP contribution in [-0.4, -0.2) is 19.2 Å². The lowest BCUT2D eigenvalue weighted by molar-refractivity contribution is -0.362. The van der Waals surface area contributed by atoms with Crippen LogP contribution in [0.3, 0.4) is 0 Å². The van der Waals surface area contributed by atoms with Gasteiger partial charge in [-0.3, -0.25) is 0 Å². The molecule has 0 saturated heterocycles. The van der Waals surface area contributed by atoms with E-state index < -0.39 is 23.6 Å². The maximum atomic E-state index is 11.8. The first-order valence-corrected chi connectivity index (χ1v) is 3.17. The first kappa shape index (κ1) is 12.2. The third-order valence-corrected chi connectivity index (χ3v) is 1.09. The minimum atomic E-state index is -5.15. The highest BCUT2D eigenvalue weighted by Crippen LogP contribution is 2.23. The van der Waals surface area contributed by atoms with Crippen molar-refractivity contribution in [3.05, 3.63) is 11.5 Å². The highest BCUT2D eigenvalue weighted by molar-refractivity contribution is 5.89. The molecule has 0 rings (SSSR count). The zero-order valence-corrected chi connectivity index (χ0v) is 6.94. The van der Waals surface area contributed by atoms with Crippen molar-refractivity contribution in [2.24, 2.45) is 0 Å². The van der Waals surface area contributed by atoms with Gasteiger partial charge in [-0.25, -0.2) is 4.79 Å². The van der Waals surface area contributed by atoms with Crippen molar-refractivity contribution in [3.63, 3.8) is 0 Å². The summed E-state index contributed by atoms with van der Waals surface area (Å²) < 4.78 is 39.2. The quantitative estimate of drug-likeness (QED) is 0.287. The Morgan fingerprint density at radius 3 is 2.36 bits per heavy atom. The van der Waals surface area contributed by atoms with E-state index in [-0.39, 0.29) is 0 Å². The number of nitrogens with one attached hydrogen (secondary N) is 1. The number of hydrogen-bond donors (Lipinski definition) is 1. The standard InChI is InChI=1S/C7H6F3NO3/c1-3-14-6(13)4(11-2)5(12)7(8,9)10/h1,11-12H,2H3/p-1/b5-4+. The van der Waals surface area contributed by atoms with Crippen LogP contribution in [0.25, 0.3) is 0 Å². The van der Waals surface area contributed by atoms with E-state index in [1.54, 1.807) is 5.32 Å². The monoisotopic (exact) mass is 208 g/mol. The largest absolute Gasteiger partial charge is 0.868 e. The molecule has 0 bridgehead atoms. The second-order valence-corrected chi connectivity index (χ2v) is 1.96. The normalized spacial score (nSPS) is 12.5. The van der Waals surface area contributed by atoms with Gasteiger partial charge in [0.15, 0.2) is 0 Å². The van der Waals surface area contributed by atoms with Gasteiger partial charge in [0.1, 0.15) is 11.8 Å². The fraction of sp³-hybridized carbons (Fsp3) is 0.286. The molecule has 0 aromatic carbocycles. The van der Waals surface area contributed by atoms with E-state index in [0.29, 0.717) is 0 Å². The Balaban J connectivity index is 5.06. The molecule has 0 unspecified atom stereocenters. The molecule has 0 fully saturated rings. The minimum Gasteiger partial charge on any atom is -0.868 e. The number of alkyl halides is 3. The van der Waals surface area contributed by atoms with Crippen molar-refractivity contribution in [2.45, 2.75) is 6.18 Å². The predicted octanol–water partition coefficient (Wildman–Crippen LogP) is -0.526. The number of esters is 1. The van der Waals surface area contributed by atoms with Crippen LogP contribution in [0, 0.1) is 12.5 Å². The van der Waals surface area contributed by atoms with Crippen LogP contribution in [0.5, 0.6) is 0 Å². The molecule has 0 aromatic rings. The lowest BCUT2D eigenvalue weighted by atomic mass is 10.3. The summed E-state index contributed by atoms with van der Waals surface area (Å²) in [6.07, 6.45) is 0.716. The number of rotatable bonds is 2. The number of halogens is 3. The molecule has 0 saturated carbocycles. The van der Waals surface area contributed by atoms with Crippen LogP contribution in [-0.2, 0) is 9.53 Å². The van der Waals surface area contributed by atoms with E-state index in [1.165, 1.54) is 6.11 Å². The third-order valence-electron chi connectivity index (χ3n) is 1.09. The summed E-state index contributed by atoms with van der Waals surface area (Å²) in [6, 6.07) is 0. The van der Waals surface area contributed by atoms with E-state index in [2.05, 4.69) is 11.2 Å². The Bertz CT molecular complexity index is 300. The first-order chi connectivity index (χ1) is 6.34. The van der Waals surface area contributed by atoms with E-state index in [1.807, 2.05) is 0 Å². The second kappa shape index (κ2) is 4.41. The average Bonchev–Trinajstić information content (AvgIpc) is 2.04. The topological polar surface area (TPSA) is 61.4 Å². The summed E-state index contributed by atoms with van der Waals surface area (Å²) in [4.78, 5) is 10.7. The number of terminal acetylenes is 1. The highest BCUT2D eigenvalue weighted by atomic mass is 19.4. The summed E-state index contributed by atoms with van der Waals surface area (Å²) >= 11 is 0. The van der Waals surface area contributed by atoms with Gasteiger partial charge in [0.2, 0.25) is 0 Å². The van der Waals surface area contributed by atoms with Crippen molar-refractivity contribution in [1.29, 1.82) is 0 Å². The van der Waals surface area contributed by atoms with Gasteiger partial charge in [0, 0.05) is 12.8 Å². The zero-order chi connectivity index (χ0) is 11.4. The summed E-state index contributed by atoms with van der Waals surface area (Å²) in [5, 5.41) is 12.3. The van der Waals surface area contributed by atoms with E-state index >= 15 is 0 Å². The number of carbonyl (C=O) groups excluding carboxylic acids is 1. The van der Waals surface area contributed by atoms with Crippen LogP contribution < -0.4 is 10.4 Å². The van der Waals surface area contributed by atoms with E-state index in [4.69, 9.17) is 0 Å². The van der Waals surface area contributed by atoms with Crippen LogP contribution in [0.2, 0.25) is 0 Å².